The van der Waals surface area contributed by atoms with Crippen LogP contribution in [0.25, 0.3) is 22.3 Å². The number of aromatic amines is 1. The fraction of sp³-hybridized carbons (Fsp3) is 0.263. The van der Waals surface area contributed by atoms with E-state index in [0.717, 1.165) is 35.8 Å². The number of nitrogens with one attached hydrogen (secondary N) is 1. The Morgan fingerprint density at radius 1 is 1.15 bits per heavy atom. The Bertz CT molecular complexity index is 1050. The van der Waals surface area contributed by atoms with Crippen LogP contribution in [0.15, 0.2) is 41.2 Å². The lowest BCUT2D eigenvalue weighted by Gasteiger charge is -2.25. The van der Waals surface area contributed by atoms with Crippen molar-refractivity contribution in [2.45, 2.75) is 6.92 Å². The van der Waals surface area contributed by atoms with E-state index in [4.69, 9.17) is 0 Å². The van der Waals surface area contributed by atoms with Gasteiger partial charge >= 0.3 is 0 Å². The van der Waals surface area contributed by atoms with Gasteiger partial charge in [-0.2, -0.15) is 0 Å². The number of aryl methyl sites for hydroxylation is 1. The fourth-order valence-corrected chi connectivity index (χ4v) is 4.44. The van der Waals surface area contributed by atoms with Gasteiger partial charge < -0.3 is 9.88 Å². The lowest BCUT2D eigenvalue weighted by molar-refractivity contribution is 0.590. The number of rotatable bonds is 2. The summed E-state index contributed by atoms with van der Waals surface area (Å²) in [7, 11) is -1.05. The minimum atomic E-state index is -1.05. The van der Waals surface area contributed by atoms with Gasteiger partial charge in [0.15, 0.2) is 0 Å². The maximum atomic E-state index is 13.5. The number of thiol groups is 1. The van der Waals surface area contributed by atoms with Crippen molar-refractivity contribution in [1.82, 2.24) is 9.97 Å². The fourth-order valence-electron chi connectivity index (χ4n) is 3.28. The molecule has 0 amide bonds. The van der Waals surface area contributed by atoms with E-state index in [1.165, 1.54) is 12.1 Å². The second-order valence-electron chi connectivity index (χ2n) is 6.50. The van der Waals surface area contributed by atoms with Gasteiger partial charge in [0.25, 0.3) is 5.56 Å². The molecule has 0 spiro atoms. The van der Waals surface area contributed by atoms with Crippen molar-refractivity contribution >= 4 is 27.4 Å². The van der Waals surface area contributed by atoms with Crippen LogP contribution in [0, 0.1) is 12.7 Å². The molecular weight excluding hydrogens is 353 g/mol. The van der Waals surface area contributed by atoms with E-state index in [0.29, 0.717) is 16.9 Å². The number of hydrogen-bond donors (Lipinski definition) is 1. The van der Waals surface area contributed by atoms with E-state index in [1.807, 2.05) is 24.3 Å². The van der Waals surface area contributed by atoms with Crippen LogP contribution in [0.3, 0.4) is 0 Å². The first-order valence-corrected chi connectivity index (χ1v) is 10.1. The van der Waals surface area contributed by atoms with Crippen LogP contribution < -0.4 is 10.5 Å². The molecule has 134 valence electrons. The van der Waals surface area contributed by atoms with Gasteiger partial charge in [0, 0.05) is 11.3 Å². The number of H-pyrrole nitrogens is 1. The van der Waals surface area contributed by atoms with E-state index in [1.54, 1.807) is 6.92 Å². The van der Waals surface area contributed by atoms with Crippen molar-refractivity contribution in [3.05, 3.63) is 58.1 Å². The molecule has 3 aromatic rings. The zero-order valence-electron chi connectivity index (χ0n) is 14.3. The van der Waals surface area contributed by atoms with Crippen LogP contribution in [-0.4, -0.2) is 34.6 Å². The number of aromatic nitrogens is 2. The topological polar surface area (TPSA) is 66.1 Å². The molecule has 2 aromatic carbocycles. The molecule has 1 saturated heterocycles. The largest absolute Gasteiger partial charge is 0.362 e. The van der Waals surface area contributed by atoms with Crippen LogP contribution in [0.4, 0.5) is 10.1 Å². The van der Waals surface area contributed by atoms with E-state index in [9.17, 15) is 13.4 Å². The summed E-state index contributed by atoms with van der Waals surface area (Å²) >= 11 is 0. The minimum absolute atomic E-state index is 0.255. The number of halogens is 1. The van der Waals surface area contributed by atoms with Crippen molar-refractivity contribution in [2.24, 2.45) is 0 Å². The number of fused-ring (bicyclic) bond motifs is 1. The van der Waals surface area contributed by atoms with Crippen LogP contribution in [0.2, 0.25) is 0 Å². The van der Waals surface area contributed by atoms with Gasteiger partial charge in [-0.1, -0.05) is 0 Å². The molecule has 0 saturated carbocycles. The van der Waals surface area contributed by atoms with Gasteiger partial charge in [0.05, 0.1) is 34.8 Å². The van der Waals surface area contributed by atoms with Gasteiger partial charge in [0.1, 0.15) is 23.1 Å². The highest BCUT2D eigenvalue weighted by atomic mass is 32.2. The molecule has 1 aliphatic heterocycles. The SMILES string of the molecule is Cc1cc(F)cc2c(=O)[nH]c(-c3ccc(N4CC[SH+](=O)CC4)cc3)nc12. The third-order valence-electron chi connectivity index (χ3n) is 4.71. The molecule has 1 N–H and O–H groups in total. The van der Waals surface area contributed by atoms with Crippen LogP contribution in [-0.2, 0) is 15.0 Å². The van der Waals surface area contributed by atoms with Crippen molar-refractivity contribution in [1.29, 1.82) is 0 Å². The predicted octanol–water partition coefficient (Wildman–Crippen LogP) is 2.55. The monoisotopic (exact) mass is 372 g/mol. The first kappa shape index (κ1) is 16.9. The Hall–Kier alpha value is -2.54. The third kappa shape index (κ3) is 3.14. The zero-order valence-corrected chi connectivity index (χ0v) is 15.2. The lowest BCUT2D eigenvalue weighted by atomic mass is 10.1. The summed E-state index contributed by atoms with van der Waals surface area (Å²) in [5.41, 5.74) is 2.65. The normalized spacial score (nSPS) is 15.5. The van der Waals surface area contributed by atoms with Gasteiger partial charge in [-0.3, -0.25) is 4.79 Å². The van der Waals surface area contributed by atoms with Crippen molar-refractivity contribution in [3.8, 4) is 11.4 Å². The van der Waals surface area contributed by atoms with Crippen LogP contribution >= 0.6 is 0 Å². The first-order chi connectivity index (χ1) is 12.5. The van der Waals surface area contributed by atoms with Gasteiger partial charge in [0.2, 0.25) is 0 Å². The Labute approximate surface area is 152 Å². The van der Waals surface area contributed by atoms with Crippen LogP contribution in [0.5, 0.6) is 0 Å². The predicted molar refractivity (Wildman–Crippen MR) is 104 cm³/mol. The van der Waals surface area contributed by atoms with Crippen molar-refractivity contribution < 1.29 is 8.60 Å². The second kappa shape index (κ2) is 6.64. The average molecular weight is 372 g/mol. The Morgan fingerprint density at radius 2 is 1.85 bits per heavy atom. The Balaban J connectivity index is 1.69. The van der Waals surface area contributed by atoms with E-state index >= 15 is 0 Å². The number of hydrogen-bond acceptors (Lipinski definition) is 4. The first-order valence-electron chi connectivity index (χ1n) is 8.49. The number of nitrogens with zero attached hydrogens (tertiary/aromatic N) is 2. The van der Waals surface area contributed by atoms with Gasteiger partial charge in [-0.15, -0.1) is 4.21 Å². The van der Waals surface area contributed by atoms with E-state index in [2.05, 4.69) is 14.9 Å². The summed E-state index contributed by atoms with van der Waals surface area (Å²) in [5, 5.41) is 0.255. The Kier molecular flexibility index (Phi) is 4.32. The Morgan fingerprint density at radius 3 is 2.54 bits per heavy atom. The third-order valence-corrected chi connectivity index (χ3v) is 6.11. The number of benzene rings is 2. The molecule has 4 rings (SSSR count). The number of anilines is 1. The molecule has 0 radical (unpaired) electrons. The van der Waals surface area contributed by atoms with Crippen molar-refractivity contribution in [2.75, 3.05) is 29.5 Å². The van der Waals surface area contributed by atoms with Gasteiger partial charge in [-0.25, -0.2) is 9.37 Å². The molecular formula is C19H19FN3O2S+. The quantitative estimate of drug-likeness (QED) is 0.555. The standard InChI is InChI=1S/C19H18FN3O2S/c1-12-10-14(20)11-16-17(12)21-18(22-19(16)24)13-2-4-15(5-3-13)23-6-8-26(25)9-7-23/h2-5,10-11H,6-9H2,1H3,(H,21,22,24)/p+1. The highest BCUT2D eigenvalue weighted by Gasteiger charge is 2.19. The summed E-state index contributed by atoms with van der Waals surface area (Å²) in [6, 6.07) is 10.4. The lowest BCUT2D eigenvalue weighted by Crippen LogP contribution is -2.37. The molecule has 0 aliphatic carbocycles. The summed E-state index contributed by atoms with van der Waals surface area (Å²) < 4.78 is 25.1. The zero-order chi connectivity index (χ0) is 18.3. The molecule has 0 atom stereocenters. The van der Waals surface area contributed by atoms with Gasteiger partial charge in [-0.05, 0) is 48.9 Å². The molecule has 0 unspecified atom stereocenters. The van der Waals surface area contributed by atoms with E-state index < -0.39 is 16.6 Å². The highest BCUT2D eigenvalue weighted by Crippen LogP contribution is 2.23. The maximum absolute atomic E-state index is 13.5. The molecule has 1 aliphatic rings. The molecule has 1 aromatic heterocycles. The molecule has 26 heavy (non-hydrogen) atoms. The summed E-state index contributed by atoms with van der Waals surface area (Å²) in [4.78, 5) is 21.8. The summed E-state index contributed by atoms with van der Waals surface area (Å²) in [6.45, 7) is 3.33. The molecule has 2 heterocycles. The molecule has 7 heteroatoms. The molecule has 5 nitrogen and oxygen atoms in total. The molecule has 1 fully saturated rings. The van der Waals surface area contributed by atoms with Crippen molar-refractivity contribution in [3.63, 3.8) is 0 Å². The van der Waals surface area contributed by atoms with Crippen LogP contribution in [0.1, 0.15) is 5.56 Å². The summed E-state index contributed by atoms with van der Waals surface area (Å²) in [6.07, 6.45) is 0. The highest BCUT2D eigenvalue weighted by molar-refractivity contribution is 7.85. The summed E-state index contributed by atoms with van der Waals surface area (Å²) in [5.74, 6) is 1.48. The molecule has 0 bridgehead atoms. The maximum Gasteiger partial charge on any atom is 0.259 e. The van der Waals surface area contributed by atoms with E-state index in [-0.39, 0.29) is 10.9 Å². The average Bonchev–Trinajstić information content (AvgIpc) is 2.63. The minimum Gasteiger partial charge on any atom is -0.362 e. The smallest absolute Gasteiger partial charge is 0.259 e. The second-order valence-corrected chi connectivity index (χ2v) is 8.35.